The topological polar surface area (TPSA) is 66.4 Å². The highest BCUT2D eigenvalue weighted by molar-refractivity contribution is 9.10. The van der Waals surface area contributed by atoms with Crippen molar-refractivity contribution in [3.8, 4) is 0 Å². The first-order valence-corrected chi connectivity index (χ1v) is 7.64. The molecule has 2 rings (SSSR count). The van der Waals surface area contributed by atoms with E-state index in [1.54, 1.807) is 12.1 Å². The number of rotatable bonds is 4. The summed E-state index contributed by atoms with van der Waals surface area (Å²) in [5.41, 5.74) is 0.579. The summed E-state index contributed by atoms with van der Waals surface area (Å²) < 4.78 is 0.746. The molecule has 0 aromatic heterocycles. The van der Waals surface area contributed by atoms with Gasteiger partial charge in [-0.1, -0.05) is 25.0 Å². The molecule has 0 radical (unpaired) electrons. The van der Waals surface area contributed by atoms with E-state index in [2.05, 4.69) is 21.2 Å². The summed E-state index contributed by atoms with van der Waals surface area (Å²) in [6, 6.07) is 7.22. The first-order chi connectivity index (χ1) is 9.59. The second kappa shape index (κ2) is 6.88. The van der Waals surface area contributed by atoms with Crippen molar-refractivity contribution in [3.63, 3.8) is 0 Å². The minimum absolute atomic E-state index is 0.0349. The molecule has 0 saturated heterocycles. The molecule has 1 aromatic rings. The number of carboxylic acid groups (broad SMARTS) is 1. The zero-order chi connectivity index (χ0) is 14.5. The number of hydrogen-bond acceptors (Lipinski definition) is 2. The largest absolute Gasteiger partial charge is 0.481 e. The average Bonchev–Trinajstić information content (AvgIpc) is 2.45. The third-order valence-electron chi connectivity index (χ3n) is 3.87. The van der Waals surface area contributed by atoms with Gasteiger partial charge in [0.05, 0.1) is 11.5 Å². The minimum Gasteiger partial charge on any atom is -0.481 e. The molecular formula is C15H18BrNO3. The molecule has 4 nitrogen and oxygen atoms in total. The molecule has 0 aliphatic heterocycles. The summed E-state index contributed by atoms with van der Waals surface area (Å²) in [5, 5.41) is 12.1. The molecule has 1 aromatic carbocycles. The van der Waals surface area contributed by atoms with E-state index in [0.29, 0.717) is 18.5 Å². The highest BCUT2D eigenvalue weighted by atomic mass is 79.9. The Labute approximate surface area is 126 Å². The predicted octanol–water partition coefficient (Wildman–Crippen LogP) is 3.07. The van der Waals surface area contributed by atoms with Gasteiger partial charge in [-0.05, 0) is 46.8 Å². The highest BCUT2D eigenvalue weighted by Crippen LogP contribution is 2.29. The van der Waals surface area contributed by atoms with Gasteiger partial charge in [-0.2, -0.15) is 0 Å². The Morgan fingerprint density at radius 3 is 2.65 bits per heavy atom. The van der Waals surface area contributed by atoms with E-state index in [9.17, 15) is 14.7 Å². The molecule has 1 amide bonds. The van der Waals surface area contributed by atoms with E-state index in [-0.39, 0.29) is 17.7 Å². The molecule has 1 fully saturated rings. The maximum Gasteiger partial charge on any atom is 0.306 e. The van der Waals surface area contributed by atoms with Crippen LogP contribution in [0.25, 0.3) is 0 Å². The minimum atomic E-state index is -0.746. The molecule has 0 bridgehead atoms. The molecule has 108 valence electrons. The van der Waals surface area contributed by atoms with Gasteiger partial charge in [0.15, 0.2) is 0 Å². The lowest BCUT2D eigenvalue weighted by Crippen LogP contribution is -2.37. The summed E-state index contributed by atoms with van der Waals surface area (Å²) >= 11 is 3.34. The van der Waals surface area contributed by atoms with Crippen LogP contribution in [0.15, 0.2) is 28.7 Å². The summed E-state index contributed by atoms with van der Waals surface area (Å²) in [5.74, 6) is -1.20. The third-order valence-corrected chi connectivity index (χ3v) is 4.56. The Bertz CT molecular complexity index is 504. The van der Waals surface area contributed by atoms with Crippen LogP contribution >= 0.6 is 15.9 Å². The van der Waals surface area contributed by atoms with Gasteiger partial charge < -0.3 is 10.4 Å². The first-order valence-electron chi connectivity index (χ1n) is 6.85. The lowest BCUT2D eigenvalue weighted by molar-refractivity contribution is -0.144. The van der Waals surface area contributed by atoms with E-state index < -0.39 is 5.97 Å². The molecule has 5 heteroatoms. The zero-order valence-corrected chi connectivity index (χ0v) is 12.7. The highest BCUT2D eigenvalue weighted by Gasteiger charge is 2.30. The lowest BCUT2D eigenvalue weighted by Gasteiger charge is -2.28. The van der Waals surface area contributed by atoms with Crippen LogP contribution in [-0.4, -0.2) is 23.5 Å². The fourth-order valence-corrected chi connectivity index (χ4v) is 3.21. The number of halogens is 1. The molecule has 1 aliphatic carbocycles. The average molecular weight is 340 g/mol. The maximum absolute atomic E-state index is 12.1. The number of aliphatic carboxylic acids is 1. The molecule has 1 saturated carbocycles. The Kier molecular flexibility index (Phi) is 5.17. The van der Waals surface area contributed by atoms with Crippen LogP contribution in [0.1, 0.15) is 36.0 Å². The van der Waals surface area contributed by atoms with Gasteiger partial charge in [0.25, 0.3) is 5.91 Å². The van der Waals surface area contributed by atoms with Crippen molar-refractivity contribution < 1.29 is 14.7 Å². The van der Waals surface area contributed by atoms with Crippen LogP contribution in [0.3, 0.4) is 0 Å². The van der Waals surface area contributed by atoms with Gasteiger partial charge in [0.2, 0.25) is 0 Å². The Balaban J connectivity index is 1.95. The number of carbonyl (C=O) groups is 2. The molecule has 20 heavy (non-hydrogen) atoms. The van der Waals surface area contributed by atoms with Gasteiger partial charge in [-0.3, -0.25) is 9.59 Å². The van der Waals surface area contributed by atoms with Crippen LogP contribution in [-0.2, 0) is 4.79 Å². The van der Waals surface area contributed by atoms with Gasteiger partial charge in [0.1, 0.15) is 0 Å². The van der Waals surface area contributed by atoms with Crippen LogP contribution < -0.4 is 5.32 Å². The molecule has 2 atom stereocenters. The number of carbonyl (C=O) groups excluding carboxylic acids is 1. The van der Waals surface area contributed by atoms with Crippen molar-refractivity contribution in [2.45, 2.75) is 25.7 Å². The molecule has 2 N–H and O–H groups in total. The number of nitrogens with one attached hydrogen (secondary N) is 1. The zero-order valence-electron chi connectivity index (χ0n) is 11.1. The number of benzene rings is 1. The van der Waals surface area contributed by atoms with Crippen molar-refractivity contribution >= 4 is 27.8 Å². The monoisotopic (exact) mass is 339 g/mol. The maximum atomic E-state index is 12.1. The van der Waals surface area contributed by atoms with Crippen molar-refractivity contribution in [1.29, 1.82) is 0 Å². The Morgan fingerprint density at radius 2 is 1.95 bits per heavy atom. The van der Waals surface area contributed by atoms with E-state index in [4.69, 9.17) is 0 Å². The van der Waals surface area contributed by atoms with Crippen molar-refractivity contribution in [2.24, 2.45) is 11.8 Å². The van der Waals surface area contributed by atoms with E-state index >= 15 is 0 Å². The third kappa shape index (κ3) is 3.60. The molecule has 0 unspecified atom stereocenters. The van der Waals surface area contributed by atoms with E-state index in [1.807, 2.05) is 12.1 Å². The van der Waals surface area contributed by atoms with Crippen LogP contribution in [0, 0.1) is 11.8 Å². The standard InChI is InChI=1S/C15H18BrNO3/c16-13-8-4-3-7-12(13)14(18)17-9-10-5-1-2-6-11(10)15(19)20/h3-4,7-8,10-11H,1-2,5-6,9H2,(H,17,18)(H,19,20)/t10-,11-/m0/s1. The SMILES string of the molecule is O=C(NC[C@@H]1CCCC[C@@H]1C(=O)O)c1ccccc1Br. The van der Waals surface area contributed by atoms with Crippen molar-refractivity contribution in [2.75, 3.05) is 6.54 Å². The predicted molar refractivity (Wildman–Crippen MR) is 79.6 cm³/mol. The smallest absolute Gasteiger partial charge is 0.306 e. The summed E-state index contributed by atoms with van der Waals surface area (Å²) in [6.07, 6.45) is 3.59. The molecule has 0 heterocycles. The molecular weight excluding hydrogens is 322 g/mol. The van der Waals surface area contributed by atoms with Gasteiger partial charge in [-0.25, -0.2) is 0 Å². The fraction of sp³-hybridized carbons (Fsp3) is 0.467. The van der Waals surface area contributed by atoms with Crippen LogP contribution in [0.4, 0.5) is 0 Å². The summed E-state index contributed by atoms with van der Waals surface area (Å²) in [4.78, 5) is 23.3. The molecule has 1 aliphatic rings. The van der Waals surface area contributed by atoms with Gasteiger partial charge in [0, 0.05) is 11.0 Å². The summed E-state index contributed by atoms with van der Waals surface area (Å²) in [7, 11) is 0. The van der Waals surface area contributed by atoms with E-state index in [0.717, 1.165) is 23.7 Å². The number of amides is 1. The summed E-state index contributed by atoms with van der Waals surface area (Å²) in [6.45, 7) is 0.428. The number of hydrogen-bond donors (Lipinski definition) is 2. The second-order valence-electron chi connectivity index (χ2n) is 5.18. The Morgan fingerprint density at radius 1 is 1.25 bits per heavy atom. The molecule has 0 spiro atoms. The van der Waals surface area contributed by atoms with Gasteiger partial charge >= 0.3 is 5.97 Å². The second-order valence-corrected chi connectivity index (χ2v) is 6.03. The number of carboxylic acids is 1. The first kappa shape index (κ1) is 15.0. The van der Waals surface area contributed by atoms with Crippen molar-refractivity contribution in [1.82, 2.24) is 5.32 Å². The lowest BCUT2D eigenvalue weighted by atomic mass is 9.79. The van der Waals surface area contributed by atoms with Crippen LogP contribution in [0.5, 0.6) is 0 Å². The van der Waals surface area contributed by atoms with Gasteiger partial charge in [-0.15, -0.1) is 0 Å². The van der Waals surface area contributed by atoms with E-state index in [1.165, 1.54) is 0 Å². The quantitative estimate of drug-likeness (QED) is 0.885. The Hall–Kier alpha value is -1.36. The van der Waals surface area contributed by atoms with Crippen LogP contribution in [0.2, 0.25) is 0 Å². The normalized spacial score (nSPS) is 22.2. The van der Waals surface area contributed by atoms with Crippen molar-refractivity contribution in [3.05, 3.63) is 34.3 Å². The fourth-order valence-electron chi connectivity index (χ4n) is 2.74.